The van der Waals surface area contributed by atoms with E-state index in [1.165, 1.54) is 0 Å². The Bertz CT molecular complexity index is 401. The SMILES string of the molecule is C=C/C(C)=C/C=C/C=C/C=C(C)/C=C(\C)C=O. The van der Waals surface area contributed by atoms with E-state index in [-0.39, 0.29) is 0 Å². The van der Waals surface area contributed by atoms with E-state index in [0.29, 0.717) is 0 Å². The van der Waals surface area contributed by atoms with E-state index < -0.39 is 0 Å². The summed E-state index contributed by atoms with van der Waals surface area (Å²) in [6.45, 7) is 9.42. The second-order valence-electron chi connectivity index (χ2n) is 3.80. The van der Waals surface area contributed by atoms with Crippen LogP contribution in [0.15, 0.2) is 71.9 Å². The highest BCUT2D eigenvalue weighted by Crippen LogP contribution is 2.00. The second kappa shape index (κ2) is 9.34. The minimum Gasteiger partial charge on any atom is -0.298 e. The van der Waals surface area contributed by atoms with Crippen LogP contribution in [0, 0.1) is 0 Å². The van der Waals surface area contributed by atoms with Crippen LogP contribution in [-0.4, -0.2) is 6.29 Å². The van der Waals surface area contributed by atoms with Gasteiger partial charge < -0.3 is 0 Å². The maximum Gasteiger partial charge on any atom is 0.145 e. The Hall–Kier alpha value is -1.89. The highest BCUT2D eigenvalue weighted by Gasteiger charge is 1.84. The van der Waals surface area contributed by atoms with Crippen LogP contribution < -0.4 is 0 Å². The van der Waals surface area contributed by atoms with E-state index in [9.17, 15) is 4.79 Å². The van der Waals surface area contributed by atoms with Crippen LogP contribution in [0.25, 0.3) is 0 Å². The molecule has 1 heteroatoms. The summed E-state index contributed by atoms with van der Waals surface area (Å²) in [7, 11) is 0. The van der Waals surface area contributed by atoms with Crippen molar-refractivity contribution >= 4 is 6.29 Å². The summed E-state index contributed by atoms with van der Waals surface area (Å²) in [5.74, 6) is 0. The number of carbonyl (C=O) groups excluding carboxylic acids is 1. The number of rotatable bonds is 6. The molecular weight excluding hydrogens is 208 g/mol. The predicted molar refractivity (Wildman–Crippen MR) is 75.8 cm³/mol. The van der Waals surface area contributed by atoms with E-state index >= 15 is 0 Å². The van der Waals surface area contributed by atoms with Gasteiger partial charge in [-0.1, -0.05) is 66.3 Å². The molecule has 0 heterocycles. The van der Waals surface area contributed by atoms with Gasteiger partial charge in [-0.3, -0.25) is 4.79 Å². The van der Waals surface area contributed by atoms with E-state index in [2.05, 4.69) is 6.58 Å². The third-order valence-electron chi connectivity index (χ3n) is 2.01. The van der Waals surface area contributed by atoms with E-state index in [1.807, 2.05) is 62.5 Å². The largest absolute Gasteiger partial charge is 0.298 e. The molecule has 0 aliphatic heterocycles. The summed E-state index contributed by atoms with van der Waals surface area (Å²) in [6, 6.07) is 0. The van der Waals surface area contributed by atoms with Gasteiger partial charge >= 0.3 is 0 Å². The Kier molecular flexibility index (Phi) is 8.31. The van der Waals surface area contributed by atoms with Crippen LogP contribution in [0.3, 0.4) is 0 Å². The van der Waals surface area contributed by atoms with Crippen LogP contribution in [0.2, 0.25) is 0 Å². The number of allylic oxidation sites excluding steroid dienone is 11. The lowest BCUT2D eigenvalue weighted by Gasteiger charge is -1.89. The lowest BCUT2D eigenvalue weighted by atomic mass is 10.2. The van der Waals surface area contributed by atoms with Crippen molar-refractivity contribution in [2.45, 2.75) is 20.8 Å². The molecule has 1 nitrogen and oxygen atoms in total. The van der Waals surface area contributed by atoms with Gasteiger partial charge in [0.05, 0.1) is 0 Å². The van der Waals surface area contributed by atoms with Crippen molar-refractivity contribution in [2.24, 2.45) is 0 Å². The first kappa shape index (κ1) is 15.1. The summed E-state index contributed by atoms with van der Waals surface area (Å²) in [6.07, 6.45) is 16.3. The third-order valence-corrected chi connectivity index (χ3v) is 2.01. The summed E-state index contributed by atoms with van der Waals surface area (Å²) in [5.41, 5.74) is 2.91. The van der Waals surface area contributed by atoms with Crippen molar-refractivity contribution in [1.29, 1.82) is 0 Å². The third kappa shape index (κ3) is 9.06. The van der Waals surface area contributed by atoms with Gasteiger partial charge in [0.15, 0.2) is 0 Å². The second-order valence-corrected chi connectivity index (χ2v) is 3.80. The predicted octanol–water partition coefficient (Wildman–Crippen LogP) is 4.32. The topological polar surface area (TPSA) is 17.1 Å². The average Bonchev–Trinajstić information content (AvgIpc) is 2.32. The van der Waals surface area contributed by atoms with Crippen molar-refractivity contribution in [3.63, 3.8) is 0 Å². The van der Waals surface area contributed by atoms with Gasteiger partial charge in [-0.05, 0) is 26.3 Å². The molecule has 0 saturated carbocycles. The standard InChI is InChI=1S/C16H20O/c1-5-14(2)10-8-6-7-9-11-15(3)12-16(4)13-17/h5-13H,1H2,2-4H3/b8-6+,9-7+,14-10+,15-11+,16-12+. The molecule has 0 aliphatic carbocycles. The molecule has 0 spiro atoms. The van der Waals surface area contributed by atoms with E-state index in [1.54, 1.807) is 6.92 Å². The lowest BCUT2D eigenvalue weighted by molar-refractivity contribution is -0.104. The minimum atomic E-state index is 0.729. The lowest BCUT2D eigenvalue weighted by Crippen LogP contribution is -1.76. The molecule has 0 aromatic heterocycles. The Morgan fingerprint density at radius 1 is 0.824 bits per heavy atom. The van der Waals surface area contributed by atoms with Gasteiger partial charge in [0.2, 0.25) is 0 Å². The van der Waals surface area contributed by atoms with Crippen molar-refractivity contribution in [2.75, 3.05) is 0 Å². The van der Waals surface area contributed by atoms with Crippen LogP contribution in [-0.2, 0) is 4.79 Å². The fourth-order valence-corrected chi connectivity index (χ4v) is 1.05. The molecule has 0 saturated heterocycles. The maximum absolute atomic E-state index is 10.4. The number of hydrogen-bond acceptors (Lipinski definition) is 1. The normalized spacial score (nSPS) is 14.6. The van der Waals surface area contributed by atoms with Crippen molar-refractivity contribution in [1.82, 2.24) is 0 Å². The zero-order valence-corrected chi connectivity index (χ0v) is 10.8. The fourth-order valence-electron chi connectivity index (χ4n) is 1.05. The van der Waals surface area contributed by atoms with Crippen molar-refractivity contribution < 1.29 is 4.79 Å². The quantitative estimate of drug-likeness (QED) is 0.376. The first-order chi connectivity index (χ1) is 8.10. The molecule has 0 atom stereocenters. The Labute approximate surface area is 104 Å². The van der Waals surface area contributed by atoms with Gasteiger partial charge in [0, 0.05) is 0 Å². The maximum atomic E-state index is 10.4. The van der Waals surface area contributed by atoms with E-state index in [4.69, 9.17) is 0 Å². The van der Waals surface area contributed by atoms with Crippen LogP contribution in [0.1, 0.15) is 20.8 Å². The number of hydrogen-bond donors (Lipinski definition) is 0. The van der Waals surface area contributed by atoms with E-state index in [0.717, 1.165) is 23.0 Å². The Morgan fingerprint density at radius 3 is 1.82 bits per heavy atom. The molecule has 17 heavy (non-hydrogen) atoms. The highest BCUT2D eigenvalue weighted by atomic mass is 16.1. The zero-order valence-electron chi connectivity index (χ0n) is 10.8. The Morgan fingerprint density at radius 2 is 1.35 bits per heavy atom. The zero-order chi connectivity index (χ0) is 13.1. The molecule has 0 aromatic carbocycles. The van der Waals surface area contributed by atoms with Gasteiger partial charge in [0.1, 0.15) is 6.29 Å². The van der Waals surface area contributed by atoms with Crippen LogP contribution in [0.4, 0.5) is 0 Å². The number of aldehydes is 1. The highest BCUT2D eigenvalue weighted by molar-refractivity contribution is 5.73. The molecule has 0 radical (unpaired) electrons. The minimum absolute atomic E-state index is 0.729. The van der Waals surface area contributed by atoms with Crippen molar-refractivity contribution in [3.05, 3.63) is 71.9 Å². The molecule has 0 rings (SSSR count). The molecule has 0 bridgehead atoms. The first-order valence-electron chi connectivity index (χ1n) is 5.54. The monoisotopic (exact) mass is 228 g/mol. The molecular formula is C16H20O. The van der Waals surface area contributed by atoms with Gasteiger partial charge in [-0.2, -0.15) is 0 Å². The molecule has 0 aromatic rings. The molecule has 0 aliphatic rings. The molecule has 90 valence electrons. The molecule has 0 fully saturated rings. The summed E-state index contributed by atoms with van der Waals surface area (Å²) < 4.78 is 0. The fraction of sp³-hybridized carbons (Fsp3) is 0.188. The smallest absolute Gasteiger partial charge is 0.145 e. The number of carbonyl (C=O) groups is 1. The summed E-state index contributed by atoms with van der Waals surface area (Å²) in [4.78, 5) is 10.4. The summed E-state index contributed by atoms with van der Waals surface area (Å²) >= 11 is 0. The van der Waals surface area contributed by atoms with Gasteiger partial charge in [-0.15, -0.1) is 0 Å². The van der Waals surface area contributed by atoms with Crippen molar-refractivity contribution in [3.8, 4) is 0 Å². The average molecular weight is 228 g/mol. The van der Waals surface area contributed by atoms with Crippen LogP contribution >= 0.6 is 0 Å². The van der Waals surface area contributed by atoms with Gasteiger partial charge in [0.25, 0.3) is 0 Å². The molecule has 0 unspecified atom stereocenters. The van der Waals surface area contributed by atoms with Crippen LogP contribution in [0.5, 0.6) is 0 Å². The first-order valence-corrected chi connectivity index (χ1v) is 5.54. The molecule has 0 N–H and O–H groups in total. The summed E-state index contributed by atoms with van der Waals surface area (Å²) in [5, 5.41) is 0. The molecule has 0 amide bonds. The van der Waals surface area contributed by atoms with Gasteiger partial charge in [-0.25, -0.2) is 0 Å². The Balaban J connectivity index is 4.33.